The van der Waals surface area contributed by atoms with E-state index in [1.165, 1.54) is 10.6 Å². The molecule has 0 radical (unpaired) electrons. The van der Waals surface area contributed by atoms with E-state index in [-0.39, 0.29) is 5.11 Å². The summed E-state index contributed by atoms with van der Waals surface area (Å²) in [5.74, 6) is 0. The quantitative estimate of drug-likeness (QED) is 0.820. The van der Waals surface area contributed by atoms with Crippen LogP contribution in [0.2, 0.25) is 0 Å². The molecule has 0 saturated carbocycles. The van der Waals surface area contributed by atoms with Crippen LogP contribution < -0.4 is 11.2 Å². The van der Waals surface area contributed by atoms with Crippen molar-refractivity contribution in [1.82, 2.24) is 9.55 Å². The summed E-state index contributed by atoms with van der Waals surface area (Å²) < 4.78 is 38.9. The Morgan fingerprint density at radius 3 is 2.55 bits per heavy atom. The number of thiocarbonyl (C=S) groups is 1. The van der Waals surface area contributed by atoms with Crippen molar-refractivity contribution in [3.05, 3.63) is 53.9 Å². The Kier molecular flexibility index (Phi) is 3.84. The van der Waals surface area contributed by atoms with Crippen LogP contribution >= 0.6 is 12.2 Å². The SMILES string of the molecule is NC(=S)N=c1ccccn1-c1ccc(C(F)(F)F)nc1. The Bertz CT molecular complexity index is 689. The zero-order chi connectivity index (χ0) is 14.8. The van der Waals surface area contributed by atoms with Crippen LogP contribution in [0.4, 0.5) is 13.2 Å². The molecule has 0 fully saturated rings. The van der Waals surface area contributed by atoms with Crippen LogP contribution in [-0.4, -0.2) is 14.7 Å². The summed E-state index contributed by atoms with van der Waals surface area (Å²) in [4.78, 5) is 7.32. The predicted molar refractivity (Wildman–Crippen MR) is 70.9 cm³/mol. The highest BCUT2D eigenvalue weighted by atomic mass is 32.1. The number of rotatable bonds is 1. The smallest absolute Gasteiger partial charge is 0.374 e. The summed E-state index contributed by atoms with van der Waals surface area (Å²) >= 11 is 4.69. The molecule has 0 aliphatic carbocycles. The summed E-state index contributed by atoms with van der Waals surface area (Å²) in [5, 5.41) is -0.0650. The van der Waals surface area contributed by atoms with Gasteiger partial charge in [-0.25, -0.2) is 9.98 Å². The fourth-order valence-corrected chi connectivity index (χ4v) is 1.65. The number of pyridine rings is 2. The molecule has 104 valence electrons. The third-order valence-electron chi connectivity index (χ3n) is 2.38. The van der Waals surface area contributed by atoms with Gasteiger partial charge in [-0.3, -0.25) is 0 Å². The third kappa shape index (κ3) is 3.21. The first-order valence-corrected chi connectivity index (χ1v) is 5.84. The molecule has 0 unspecified atom stereocenters. The van der Waals surface area contributed by atoms with E-state index >= 15 is 0 Å². The van der Waals surface area contributed by atoms with Crippen molar-refractivity contribution >= 4 is 17.3 Å². The number of hydrogen-bond donors (Lipinski definition) is 1. The second kappa shape index (κ2) is 5.41. The molecule has 4 nitrogen and oxygen atoms in total. The Morgan fingerprint density at radius 2 is 2.00 bits per heavy atom. The van der Waals surface area contributed by atoms with Gasteiger partial charge in [0.05, 0.1) is 11.9 Å². The zero-order valence-electron chi connectivity index (χ0n) is 10.0. The molecular weight excluding hydrogens is 289 g/mol. The van der Waals surface area contributed by atoms with Gasteiger partial charge in [0.25, 0.3) is 0 Å². The Hall–Kier alpha value is -2.22. The van der Waals surface area contributed by atoms with Gasteiger partial charge in [0.15, 0.2) is 5.11 Å². The standard InChI is InChI=1S/C12H9F3N4S/c13-12(14,15)9-5-4-8(7-17-9)19-6-2-1-3-10(19)18-11(16)20/h1-7H,(H2,16,20). The molecule has 0 spiro atoms. The molecule has 2 aromatic heterocycles. The fraction of sp³-hybridized carbons (Fsp3) is 0.0833. The van der Waals surface area contributed by atoms with Gasteiger partial charge >= 0.3 is 6.18 Å². The lowest BCUT2D eigenvalue weighted by Gasteiger charge is -2.09. The van der Waals surface area contributed by atoms with Crippen molar-refractivity contribution in [3.8, 4) is 5.69 Å². The topological polar surface area (TPSA) is 56.2 Å². The van der Waals surface area contributed by atoms with Crippen molar-refractivity contribution in [2.24, 2.45) is 10.7 Å². The first kappa shape index (κ1) is 14.2. The van der Waals surface area contributed by atoms with Gasteiger partial charge in [0.2, 0.25) is 0 Å². The molecule has 0 bridgehead atoms. The summed E-state index contributed by atoms with van der Waals surface area (Å²) in [6.45, 7) is 0. The fourth-order valence-electron chi connectivity index (χ4n) is 1.55. The number of halogens is 3. The van der Waals surface area contributed by atoms with Gasteiger partial charge in [-0.1, -0.05) is 6.07 Å². The second-order valence-electron chi connectivity index (χ2n) is 3.78. The van der Waals surface area contributed by atoms with E-state index in [4.69, 9.17) is 18.0 Å². The number of aromatic nitrogens is 2. The van der Waals surface area contributed by atoms with Crippen LogP contribution in [0, 0.1) is 0 Å². The van der Waals surface area contributed by atoms with E-state index in [2.05, 4.69) is 9.98 Å². The third-order valence-corrected chi connectivity index (χ3v) is 2.47. The van der Waals surface area contributed by atoms with Crippen LogP contribution in [0.1, 0.15) is 5.69 Å². The van der Waals surface area contributed by atoms with E-state index in [1.807, 2.05) is 0 Å². The average molecular weight is 298 g/mol. The Balaban J connectivity index is 2.51. The van der Waals surface area contributed by atoms with Gasteiger partial charge in [-0.2, -0.15) is 13.2 Å². The lowest BCUT2D eigenvalue weighted by molar-refractivity contribution is -0.141. The largest absolute Gasteiger partial charge is 0.433 e. The summed E-state index contributed by atoms with van der Waals surface area (Å²) in [7, 11) is 0. The van der Waals surface area contributed by atoms with Gasteiger partial charge in [0.1, 0.15) is 11.2 Å². The van der Waals surface area contributed by atoms with Gasteiger partial charge in [-0.15, -0.1) is 0 Å². The lowest BCUT2D eigenvalue weighted by atomic mass is 10.3. The van der Waals surface area contributed by atoms with Gasteiger partial charge in [-0.05, 0) is 36.5 Å². The maximum Gasteiger partial charge on any atom is 0.433 e. The molecule has 8 heteroatoms. The number of alkyl halides is 3. The van der Waals surface area contributed by atoms with Crippen LogP contribution in [0.25, 0.3) is 5.69 Å². The maximum absolute atomic E-state index is 12.5. The molecule has 0 aromatic carbocycles. The average Bonchev–Trinajstić information content (AvgIpc) is 2.38. The van der Waals surface area contributed by atoms with Crippen molar-refractivity contribution < 1.29 is 13.2 Å². The predicted octanol–water partition coefficient (Wildman–Crippen LogP) is 2.04. The van der Waals surface area contributed by atoms with E-state index in [9.17, 15) is 13.2 Å². The van der Waals surface area contributed by atoms with Crippen molar-refractivity contribution in [1.29, 1.82) is 0 Å². The van der Waals surface area contributed by atoms with E-state index in [0.29, 0.717) is 11.2 Å². The Labute approximate surface area is 117 Å². The van der Waals surface area contributed by atoms with E-state index < -0.39 is 11.9 Å². The minimum Gasteiger partial charge on any atom is -0.374 e. The molecule has 20 heavy (non-hydrogen) atoms. The van der Waals surface area contributed by atoms with Gasteiger partial charge < -0.3 is 10.3 Å². The molecule has 0 saturated heterocycles. The number of nitrogens with two attached hydrogens (primary N) is 1. The molecule has 2 heterocycles. The molecule has 2 aromatic rings. The van der Waals surface area contributed by atoms with Crippen molar-refractivity contribution in [2.45, 2.75) is 6.18 Å². The minimum absolute atomic E-state index is 0.0650. The monoisotopic (exact) mass is 298 g/mol. The van der Waals surface area contributed by atoms with Crippen molar-refractivity contribution in [3.63, 3.8) is 0 Å². The van der Waals surface area contributed by atoms with Crippen LogP contribution in [0.15, 0.2) is 47.7 Å². The van der Waals surface area contributed by atoms with E-state index in [1.54, 1.807) is 24.4 Å². The minimum atomic E-state index is -4.47. The molecule has 2 rings (SSSR count). The highest BCUT2D eigenvalue weighted by Gasteiger charge is 2.32. The zero-order valence-corrected chi connectivity index (χ0v) is 10.8. The second-order valence-corrected chi connectivity index (χ2v) is 4.20. The molecule has 0 aliphatic rings. The van der Waals surface area contributed by atoms with Crippen molar-refractivity contribution in [2.75, 3.05) is 0 Å². The molecule has 0 aliphatic heterocycles. The van der Waals surface area contributed by atoms with E-state index in [0.717, 1.165) is 12.3 Å². The lowest BCUT2D eigenvalue weighted by Crippen LogP contribution is -2.22. The maximum atomic E-state index is 12.5. The highest BCUT2D eigenvalue weighted by Crippen LogP contribution is 2.27. The Morgan fingerprint density at radius 1 is 1.25 bits per heavy atom. The molecule has 0 atom stereocenters. The van der Waals surface area contributed by atoms with Gasteiger partial charge in [0, 0.05) is 6.20 Å². The number of nitrogens with zero attached hydrogens (tertiary/aromatic N) is 3. The van der Waals surface area contributed by atoms with Crippen LogP contribution in [-0.2, 0) is 6.18 Å². The van der Waals surface area contributed by atoms with Crippen LogP contribution in [0.5, 0.6) is 0 Å². The van der Waals surface area contributed by atoms with Crippen LogP contribution in [0.3, 0.4) is 0 Å². The highest BCUT2D eigenvalue weighted by molar-refractivity contribution is 7.80. The summed E-state index contributed by atoms with van der Waals surface area (Å²) in [6.07, 6.45) is -1.73. The summed E-state index contributed by atoms with van der Waals surface area (Å²) in [5.41, 5.74) is 5.22. The first-order chi connectivity index (χ1) is 9.38. The first-order valence-electron chi connectivity index (χ1n) is 5.43. The number of hydrogen-bond acceptors (Lipinski definition) is 2. The summed E-state index contributed by atoms with van der Waals surface area (Å²) in [6, 6.07) is 7.26. The normalized spacial score (nSPS) is 12.4. The molecule has 2 N–H and O–H groups in total. The molecular formula is C12H9F3N4S. The molecule has 0 amide bonds.